The second-order valence-electron chi connectivity index (χ2n) is 4.06. The van der Waals surface area contributed by atoms with Gasteiger partial charge in [-0.15, -0.1) is 0 Å². The molecule has 2 rings (SSSR count). The average Bonchev–Trinajstić information content (AvgIpc) is 2.32. The fourth-order valence-electron chi connectivity index (χ4n) is 1.57. The Bertz CT molecular complexity index is 589. The Balaban J connectivity index is 2.42. The van der Waals surface area contributed by atoms with Crippen LogP contribution in [0.5, 0.6) is 0 Å². The highest BCUT2D eigenvalue weighted by molar-refractivity contribution is 9.10. The van der Waals surface area contributed by atoms with Crippen molar-refractivity contribution in [2.24, 2.45) is 0 Å². The molecule has 0 aromatic heterocycles. The number of aryl methyl sites for hydroxylation is 1. The number of hydrogen-bond acceptors (Lipinski definition) is 2. The van der Waals surface area contributed by atoms with Crippen molar-refractivity contribution in [1.82, 2.24) is 0 Å². The Hall–Kier alpha value is -1.69. The van der Waals surface area contributed by atoms with Crippen LogP contribution in [0, 0.1) is 24.4 Å². The lowest BCUT2D eigenvalue weighted by molar-refractivity contribution is 0.581. The quantitative estimate of drug-likeness (QED) is 0.628. The zero-order valence-corrected chi connectivity index (χ0v) is 11.5. The molecule has 2 aromatic rings. The summed E-state index contributed by atoms with van der Waals surface area (Å²) >= 11 is 2.97. The fourth-order valence-corrected chi connectivity index (χ4v) is 1.91. The van der Waals surface area contributed by atoms with E-state index in [4.69, 9.17) is 5.73 Å². The van der Waals surface area contributed by atoms with Crippen LogP contribution in [0.25, 0.3) is 0 Å². The molecule has 0 spiro atoms. The normalized spacial score (nSPS) is 10.6. The van der Waals surface area contributed by atoms with E-state index in [1.54, 1.807) is 6.92 Å². The van der Waals surface area contributed by atoms with Crippen molar-refractivity contribution in [3.8, 4) is 0 Å². The van der Waals surface area contributed by atoms with Crippen molar-refractivity contribution >= 4 is 33.0 Å². The first-order valence-corrected chi connectivity index (χ1v) is 6.15. The van der Waals surface area contributed by atoms with Crippen molar-refractivity contribution in [2.75, 3.05) is 11.1 Å². The summed E-state index contributed by atoms with van der Waals surface area (Å²) in [5.41, 5.74) is 6.57. The van der Waals surface area contributed by atoms with E-state index in [0.29, 0.717) is 11.3 Å². The SMILES string of the molecule is Cc1cc(Nc2cc(Br)c(F)cc2F)c(N)cc1F. The first-order valence-electron chi connectivity index (χ1n) is 5.35. The third-order valence-electron chi connectivity index (χ3n) is 2.61. The number of nitrogens with one attached hydrogen (secondary N) is 1. The highest BCUT2D eigenvalue weighted by Crippen LogP contribution is 2.30. The lowest BCUT2D eigenvalue weighted by atomic mass is 10.1. The monoisotopic (exact) mass is 330 g/mol. The maximum absolute atomic E-state index is 13.6. The standard InChI is InChI=1S/C13H10BrF3N2/c1-6-2-13(11(18)5-8(6)15)19-12-3-7(14)9(16)4-10(12)17/h2-5,19H,18H2,1H3. The molecule has 0 aliphatic carbocycles. The summed E-state index contributed by atoms with van der Waals surface area (Å²) in [5, 5.41) is 2.71. The minimum absolute atomic E-state index is 0.0472. The summed E-state index contributed by atoms with van der Waals surface area (Å²) in [5.74, 6) is -1.91. The maximum Gasteiger partial charge on any atom is 0.149 e. The van der Waals surface area contributed by atoms with Crippen LogP contribution in [0.2, 0.25) is 0 Å². The third kappa shape index (κ3) is 2.84. The van der Waals surface area contributed by atoms with E-state index in [9.17, 15) is 13.2 Å². The molecule has 19 heavy (non-hydrogen) atoms. The van der Waals surface area contributed by atoms with E-state index in [2.05, 4.69) is 21.2 Å². The zero-order valence-electron chi connectivity index (χ0n) is 9.90. The predicted molar refractivity (Wildman–Crippen MR) is 72.9 cm³/mol. The number of anilines is 3. The van der Waals surface area contributed by atoms with Gasteiger partial charge in [0.1, 0.15) is 17.5 Å². The van der Waals surface area contributed by atoms with Gasteiger partial charge in [0.15, 0.2) is 0 Å². The van der Waals surface area contributed by atoms with Crippen LogP contribution in [-0.4, -0.2) is 0 Å². The summed E-state index contributed by atoms with van der Waals surface area (Å²) < 4.78 is 40.1. The van der Waals surface area contributed by atoms with E-state index in [1.165, 1.54) is 12.1 Å². The van der Waals surface area contributed by atoms with E-state index in [-0.39, 0.29) is 15.8 Å². The summed E-state index contributed by atoms with van der Waals surface area (Å²) in [6.45, 7) is 1.57. The van der Waals surface area contributed by atoms with Crippen LogP contribution >= 0.6 is 15.9 Å². The molecule has 0 saturated carbocycles. The van der Waals surface area contributed by atoms with Crippen molar-refractivity contribution in [2.45, 2.75) is 6.92 Å². The van der Waals surface area contributed by atoms with Crippen molar-refractivity contribution in [3.63, 3.8) is 0 Å². The van der Waals surface area contributed by atoms with Gasteiger partial charge in [-0.1, -0.05) is 0 Å². The van der Waals surface area contributed by atoms with Crippen LogP contribution in [0.15, 0.2) is 28.7 Å². The molecule has 0 fully saturated rings. The van der Waals surface area contributed by atoms with Gasteiger partial charge < -0.3 is 11.1 Å². The van der Waals surface area contributed by atoms with Gasteiger partial charge in [-0.25, -0.2) is 13.2 Å². The van der Waals surface area contributed by atoms with Crippen LogP contribution in [0.4, 0.5) is 30.2 Å². The summed E-state index contributed by atoms with van der Waals surface area (Å²) in [7, 11) is 0. The molecule has 0 bridgehead atoms. The van der Waals surface area contributed by atoms with Crippen LogP contribution in [0.3, 0.4) is 0 Å². The minimum atomic E-state index is -0.762. The Morgan fingerprint density at radius 3 is 2.32 bits per heavy atom. The smallest absolute Gasteiger partial charge is 0.149 e. The largest absolute Gasteiger partial charge is 0.397 e. The van der Waals surface area contributed by atoms with Gasteiger partial charge in [0.2, 0.25) is 0 Å². The molecular formula is C13H10BrF3N2. The van der Waals surface area contributed by atoms with E-state index >= 15 is 0 Å². The van der Waals surface area contributed by atoms with E-state index in [1.807, 2.05) is 0 Å². The molecule has 0 heterocycles. The van der Waals surface area contributed by atoms with Crippen LogP contribution in [0.1, 0.15) is 5.56 Å². The zero-order chi connectivity index (χ0) is 14.2. The van der Waals surface area contributed by atoms with Gasteiger partial charge in [-0.3, -0.25) is 0 Å². The molecule has 3 N–H and O–H groups in total. The Kier molecular flexibility index (Phi) is 3.71. The number of hydrogen-bond donors (Lipinski definition) is 2. The lowest BCUT2D eigenvalue weighted by Gasteiger charge is -2.12. The number of rotatable bonds is 2. The van der Waals surface area contributed by atoms with Crippen molar-refractivity contribution in [1.29, 1.82) is 0 Å². The number of nitrogen functional groups attached to an aromatic ring is 1. The maximum atomic E-state index is 13.6. The molecule has 2 aromatic carbocycles. The molecular weight excluding hydrogens is 321 g/mol. The number of halogens is 4. The van der Waals surface area contributed by atoms with Crippen molar-refractivity contribution < 1.29 is 13.2 Å². The Morgan fingerprint density at radius 1 is 0.947 bits per heavy atom. The van der Waals surface area contributed by atoms with Crippen LogP contribution < -0.4 is 11.1 Å². The number of benzene rings is 2. The second-order valence-corrected chi connectivity index (χ2v) is 4.91. The Labute approximate surface area is 116 Å². The predicted octanol–water partition coefficient (Wildman–Crippen LogP) is 4.50. The minimum Gasteiger partial charge on any atom is -0.397 e. The highest BCUT2D eigenvalue weighted by atomic mass is 79.9. The van der Waals surface area contributed by atoms with Gasteiger partial charge in [-0.2, -0.15) is 0 Å². The molecule has 2 nitrogen and oxygen atoms in total. The first-order chi connectivity index (χ1) is 8.88. The average molecular weight is 331 g/mol. The summed E-state index contributed by atoms with van der Waals surface area (Å²) in [6.07, 6.45) is 0. The first kappa shape index (κ1) is 13.7. The summed E-state index contributed by atoms with van der Waals surface area (Å²) in [6, 6.07) is 4.61. The molecule has 0 radical (unpaired) electrons. The third-order valence-corrected chi connectivity index (χ3v) is 3.22. The van der Waals surface area contributed by atoms with Crippen LogP contribution in [-0.2, 0) is 0 Å². The van der Waals surface area contributed by atoms with Crippen molar-refractivity contribution in [3.05, 3.63) is 51.8 Å². The van der Waals surface area contributed by atoms with Gasteiger partial charge in [0.25, 0.3) is 0 Å². The van der Waals surface area contributed by atoms with Gasteiger partial charge >= 0.3 is 0 Å². The van der Waals surface area contributed by atoms with Gasteiger partial charge in [-0.05, 0) is 46.6 Å². The molecule has 0 unspecified atom stereocenters. The van der Waals surface area contributed by atoms with E-state index < -0.39 is 17.5 Å². The molecule has 0 aliphatic heterocycles. The molecule has 0 saturated heterocycles. The number of nitrogens with two attached hydrogens (primary N) is 1. The highest BCUT2D eigenvalue weighted by Gasteiger charge is 2.11. The molecule has 0 amide bonds. The molecule has 100 valence electrons. The Morgan fingerprint density at radius 2 is 1.63 bits per heavy atom. The van der Waals surface area contributed by atoms with E-state index in [0.717, 1.165) is 12.1 Å². The lowest BCUT2D eigenvalue weighted by Crippen LogP contribution is -2.01. The van der Waals surface area contributed by atoms with Gasteiger partial charge in [0.05, 0.1) is 21.5 Å². The molecule has 0 aliphatic rings. The molecule has 0 atom stereocenters. The fraction of sp³-hybridized carbons (Fsp3) is 0.0769. The molecule has 6 heteroatoms. The summed E-state index contributed by atoms with van der Waals surface area (Å²) in [4.78, 5) is 0. The topological polar surface area (TPSA) is 38.0 Å². The second kappa shape index (κ2) is 5.13. The van der Waals surface area contributed by atoms with Gasteiger partial charge in [0, 0.05) is 6.07 Å².